The fourth-order valence-electron chi connectivity index (χ4n) is 4.39. The van der Waals surface area contributed by atoms with Crippen molar-refractivity contribution in [2.24, 2.45) is 5.41 Å². The Labute approximate surface area is 171 Å². The van der Waals surface area contributed by atoms with E-state index >= 15 is 0 Å². The molecule has 0 bridgehead atoms. The molecule has 2 aromatic rings. The third-order valence-corrected chi connectivity index (χ3v) is 5.96. The number of hydrogen-bond acceptors (Lipinski definition) is 2. The van der Waals surface area contributed by atoms with Crippen LogP contribution in [0.4, 0.5) is 5.69 Å². The van der Waals surface area contributed by atoms with Crippen molar-refractivity contribution in [3.05, 3.63) is 76.0 Å². The molecule has 4 heteroatoms. The Morgan fingerprint density at radius 3 is 2.25 bits per heavy atom. The Balaban J connectivity index is 1.88. The fourth-order valence-corrected chi connectivity index (χ4v) is 4.51. The minimum atomic E-state index is -0.204. The summed E-state index contributed by atoms with van der Waals surface area (Å²) < 4.78 is 0. The molecule has 0 radical (unpaired) electrons. The van der Waals surface area contributed by atoms with Crippen LogP contribution in [0, 0.1) is 12.3 Å². The summed E-state index contributed by atoms with van der Waals surface area (Å²) in [6.07, 6.45) is 1.50. The predicted molar refractivity (Wildman–Crippen MR) is 113 cm³/mol. The smallest absolute Gasteiger partial charge is 0.232 e. The van der Waals surface area contributed by atoms with E-state index < -0.39 is 0 Å². The lowest BCUT2D eigenvalue weighted by Gasteiger charge is -2.43. The van der Waals surface area contributed by atoms with E-state index in [-0.39, 0.29) is 23.0 Å². The lowest BCUT2D eigenvalue weighted by Crippen LogP contribution is -2.43. The normalized spacial score (nSPS) is 21.7. The quantitative estimate of drug-likeness (QED) is 0.645. The van der Waals surface area contributed by atoms with Crippen LogP contribution in [0.2, 0.25) is 5.02 Å². The third kappa shape index (κ3) is 3.40. The molecule has 0 saturated heterocycles. The topological polar surface area (TPSA) is 37.4 Å². The van der Waals surface area contributed by atoms with Gasteiger partial charge in [-0.25, -0.2) is 0 Å². The minimum absolute atomic E-state index is 0.0352. The molecule has 2 aromatic carbocycles. The van der Waals surface area contributed by atoms with Crippen molar-refractivity contribution in [2.45, 2.75) is 46.0 Å². The molecule has 1 unspecified atom stereocenters. The highest BCUT2D eigenvalue weighted by Gasteiger charge is 2.44. The maximum Gasteiger partial charge on any atom is 0.232 e. The molecule has 1 heterocycles. The van der Waals surface area contributed by atoms with E-state index in [4.69, 9.17) is 11.6 Å². The molecule has 28 heavy (non-hydrogen) atoms. The molecule has 2 aliphatic rings. The number of Topliss-reactive ketones (excluding diaryl/α,β-unsaturated/α-hetero) is 1. The van der Waals surface area contributed by atoms with Gasteiger partial charge in [0.15, 0.2) is 5.78 Å². The molecule has 4 rings (SSSR count). The van der Waals surface area contributed by atoms with E-state index in [2.05, 4.69) is 13.8 Å². The highest BCUT2D eigenvalue weighted by molar-refractivity contribution is 6.30. The average Bonchev–Trinajstić information content (AvgIpc) is 2.62. The van der Waals surface area contributed by atoms with Crippen LogP contribution in [0.25, 0.3) is 0 Å². The summed E-state index contributed by atoms with van der Waals surface area (Å²) in [6.45, 7) is 6.22. The zero-order valence-corrected chi connectivity index (χ0v) is 17.2. The molecule has 3 nitrogen and oxygen atoms in total. The van der Waals surface area contributed by atoms with Crippen LogP contribution in [0.1, 0.15) is 50.2 Å². The zero-order valence-electron chi connectivity index (χ0n) is 16.5. The number of carbonyl (C=O) groups is 2. The van der Waals surface area contributed by atoms with Gasteiger partial charge in [-0.3, -0.25) is 14.5 Å². The van der Waals surface area contributed by atoms with E-state index in [0.29, 0.717) is 24.3 Å². The molecule has 0 spiro atoms. The maximum atomic E-state index is 13.3. The van der Waals surface area contributed by atoms with Crippen molar-refractivity contribution in [2.75, 3.05) is 4.90 Å². The molecule has 0 aromatic heterocycles. The van der Waals surface area contributed by atoms with Crippen molar-refractivity contribution < 1.29 is 9.59 Å². The van der Waals surface area contributed by atoms with Crippen LogP contribution in [0.15, 0.2) is 59.8 Å². The van der Waals surface area contributed by atoms with Gasteiger partial charge in [0.2, 0.25) is 5.91 Å². The highest BCUT2D eigenvalue weighted by Crippen LogP contribution is 2.48. The summed E-state index contributed by atoms with van der Waals surface area (Å²) in [5.74, 6) is -0.0195. The number of halogens is 1. The van der Waals surface area contributed by atoms with Crippen molar-refractivity contribution in [3.63, 3.8) is 0 Å². The summed E-state index contributed by atoms with van der Waals surface area (Å²) in [4.78, 5) is 28.2. The Hall–Kier alpha value is -2.39. The first-order valence-electron chi connectivity index (χ1n) is 9.66. The summed E-state index contributed by atoms with van der Waals surface area (Å²) in [6, 6.07) is 15.4. The van der Waals surface area contributed by atoms with Gasteiger partial charge in [-0.2, -0.15) is 0 Å². The van der Waals surface area contributed by atoms with Gasteiger partial charge in [-0.05, 0) is 48.6 Å². The predicted octanol–water partition coefficient (Wildman–Crippen LogP) is 5.81. The van der Waals surface area contributed by atoms with Gasteiger partial charge in [0.25, 0.3) is 0 Å². The first-order valence-corrected chi connectivity index (χ1v) is 10.0. The molecule has 1 aliphatic heterocycles. The molecular weight excluding hydrogens is 370 g/mol. The first kappa shape index (κ1) is 18.9. The lowest BCUT2D eigenvalue weighted by atomic mass is 9.69. The molecule has 1 aliphatic carbocycles. The zero-order chi connectivity index (χ0) is 20.1. The Morgan fingerprint density at radius 2 is 1.61 bits per heavy atom. The Morgan fingerprint density at radius 1 is 0.964 bits per heavy atom. The van der Waals surface area contributed by atoms with Gasteiger partial charge in [0.05, 0.1) is 0 Å². The van der Waals surface area contributed by atoms with Crippen molar-refractivity contribution in [1.29, 1.82) is 0 Å². The molecule has 0 N–H and O–H groups in total. The van der Waals surface area contributed by atoms with Crippen LogP contribution in [0.5, 0.6) is 0 Å². The summed E-state index contributed by atoms with van der Waals surface area (Å²) in [7, 11) is 0. The van der Waals surface area contributed by atoms with E-state index in [1.54, 1.807) is 4.90 Å². The molecule has 144 valence electrons. The number of aryl methyl sites for hydroxylation is 1. The number of anilines is 1. The second kappa shape index (κ2) is 6.89. The van der Waals surface area contributed by atoms with Gasteiger partial charge in [0, 0.05) is 40.7 Å². The summed E-state index contributed by atoms with van der Waals surface area (Å²) >= 11 is 6.04. The number of allylic oxidation sites excluding steroid dienone is 2. The highest BCUT2D eigenvalue weighted by atomic mass is 35.5. The van der Waals surface area contributed by atoms with Crippen LogP contribution < -0.4 is 4.90 Å². The summed E-state index contributed by atoms with van der Waals surface area (Å²) in [5, 5.41) is 0.650. The van der Waals surface area contributed by atoms with Gasteiger partial charge >= 0.3 is 0 Å². The Kier molecular flexibility index (Phi) is 4.67. The third-order valence-electron chi connectivity index (χ3n) is 5.71. The molecular formula is C24H24ClNO2. The van der Waals surface area contributed by atoms with E-state index in [1.165, 1.54) is 0 Å². The largest absolute Gasteiger partial charge is 0.294 e. The van der Waals surface area contributed by atoms with E-state index in [9.17, 15) is 9.59 Å². The van der Waals surface area contributed by atoms with E-state index in [0.717, 1.165) is 28.1 Å². The standard InChI is InChI=1S/C24H24ClNO2/c1-15-4-10-18(11-5-15)26-20-13-24(2,3)14-21(27)23(20)19(12-22(26)28)16-6-8-17(25)9-7-16/h4-11,19H,12-14H2,1-3H3. The second-order valence-corrected chi connectivity index (χ2v) is 9.11. The number of benzene rings is 2. The van der Waals surface area contributed by atoms with Gasteiger partial charge in [-0.15, -0.1) is 0 Å². The number of rotatable bonds is 2. The van der Waals surface area contributed by atoms with Gasteiger partial charge in [0.1, 0.15) is 0 Å². The van der Waals surface area contributed by atoms with E-state index in [1.807, 2.05) is 55.5 Å². The second-order valence-electron chi connectivity index (χ2n) is 8.67. The molecule has 1 atom stereocenters. The molecule has 0 fully saturated rings. The number of amides is 1. The molecule has 0 saturated carbocycles. The number of nitrogens with zero attached hydrogens (tertiary/aromatic N) is 1. The average molecular weight is 394 g/mol. The van der Waals surface area contributed by atoms with Crippen LogP contribution in [0.3, 0.4) is 0 Å². The van der Waals surface area contributed by atoms with Crippen molar-refractivity contribution in [3.8, 4) is 0 Å². The van der Waals surface area contributed by atoms with Crippen LogP contribution in [-0.2, 0) is 9.59 Å². The SMILES string of the molecule is Cc1ccc(N2C(=O)CC(c3ccc(Cl)cc3)C3=C2CC(C)(C)CC3=O)cc1. The van der Waals surface area contributed by atoms with Crippen LogP contribution >= 0.6 is 11.6 Å². The number of carbonyl (C=O) groups excluding carboxylic acids is 2. The first-order chi connectivity index (χ1) is 13.2. The van der Waals surface area contributed by atoms with Crippen molar-refractivity contribution in [1.82, 2.24) is 0 Å². The van der Waals surface area contributed by atoms with Crippen LogP contribution in [-0.4, -0.2) is 11.7 Å². The monoisotopic (exact) mass is 393 g/mol. The Bertz CT molecular complexity index is 971. The lowest BCUT2D eigenvalue weighted by molar-refractivity contribution is -0.121. The summed E-state index contributed by atoms with van der Waals surface area (Å²) in [5.41, 5.74) is 4.44. The fraction of sp³-hybridized carbons (Fsp3) is 0.333. The minimum Gasteiger partial charge on any atom is -0.294 e. The van der Waals surface area contributed by atoms with Gasteiger partial charge < -0.3 is 0 Å². The number of ketones is 1. The van der Waals surface area contributed by atoms with Gasteiger partial charge in [-0.1, -0.05) is 55.3 Å². The maximum absolute atomic E-state index is 13.3. The van der Waals surface area contributed by atoms with Crippen molar-refractivity contribution >= 4 is 29.0 Å². The molecule has 1 amide bonds. The number of hydrogen-bond donors (Lipinski definition) is 0.